The molecule has 0 aromatic rings. The van der Waals surface area contributed by atoms with Gasteiger partial charge in [0, 0.05) is 0 Å². The van der Waals surface area contributed by atoms with Crippen molar-refractivity contribution in [2.24, 2.45) is 45.8 Å². The Hall–Kier alpha value is -0.260. The van der Waals surface area contributed by atoms with Crippen molar-refractivity contribution in [3.63, 3.8) is 0 Å². The molecule has 0 aromatic heterocycles. The average Bonchev–Trinajstić information content (AvgIpc) is 3.32. The van der Waals surface area contributed by atoms with Gasteiger partial charge in [-0.3, -0.25) is 0 Å². The van der Waals surface area contributed by atoms with E-state index in [-0.39, 0.29) is 0 Å². The maximum Gasteiger partial charge on any atom is -0.00825 e. The normalized spacial score (nSPS) is 42.6. The fourth-order valence-corrected chi connectivity index (χ4v) is 10.7. The van der Waals surface area contributed by atoms with Crippen molar-refractivity contribution in [3.05, 3.63) is 11.1 Å². The lowest BCUT2D eigenvalue weighted by atomic mass is 9.43. The van der Waals surface area contributed by atoms with E-state index in [9.17, 15) is 0 Å². The van der Waals surface area contributed by atoms with Crippen molar-refractivity contribution in [1.82, 2.24) is 0 Å². The SMILES string of the molecule is CC(C)CCC[C@@H](C)[C@H]1CCC2=C3CCC4C5(CCCC5)CCC[C@]4(C)[C@H]3CC[C@@]21C. The summed E-state index contributed by atoms with van der Waals surface area (Å²) in [6, 6.07) is 0. The third-order valence-corrected chi connectivity index (χ3v) is 12.1. The van der Waals surface area contributed by atoms with Crippen LogP contribution in [0.5, 0.6) is 0 Å². The third-order valence-electron chi connectivity index (χ3n) is 12.1. The zero-order valence-electron chi connectivity index (χ0n) is 21.7. The zero-order valence-corrected chi connectivity index (χ0v) is 21.7. The quantitative estimate of drug-likeness (QED) is 0.385. The highest BCUT2D eigenvalue weighted by atomic mass is 14.6. The molecule has 0 saturated heterocycles. The van der Waals surface area contributed by atoms with Crippen LogP contribution >= 0.6 is 0 Å². The Balaban J connectivity index is 1.39. The minimum absolute atomic E-state index is 0.548. The van der Waals surface area contributed by atoms with Gasteiger partial charge >= 0.3 is 0 Å². The van der Waals surface area contributed by atoms with Gasteiger partial charge in [0.25, 0.3) is 0 Å². The van der Waals surface area contributed by atoms with Gasteiger partial charge in [0.1, 0.15) is 0 Å². The molecule has 0 heterocycles. The van der Waals surface area contributed by atoms with Crippen LogP contribution in [0, 0.1) is 45.8 Å². The molecular formula is C31H52. The van der Waals surface area contributed by atoms with Crippen molar-refractivity contribution in [1.29, 1.82) is 0 Å². The fraction of sp³-hybridized carbons (Fsp3) is 0.935. The van der Waals surface area contributed by atoms with Crippen LogP contribution < -0.4 is 0 Å². The fourth-order valence-electron chi connectivity index (χ4n) is 10.7. The Labute approximate surface area is 194 Å². The first kappa shape index (κ1) is 22.5. The van der Waals surface area contributed by atoms with Crippen LogP contribution in [0.1, 0.15) is 137 Å². The molecular weight excluding hydrogens is 372 g/mol. The Kier molecular flexibility index (Phi) is 5.96. The molecule has 1 unspecified atom stereocenters. The molecule has 0 nitrogen and oxygen atoms in total. The molecule has 5 aliphatic rings. The maximum atomic E-state index is 2.78. The molecule has 176 valence electrons. The van der Waals surface area contributed by atoms with E-state index < -0.39 is 0 Å². The van der Waals surface area contributed by atoms with Crippen molar-refractivity contribution in [2.75, 3.05) is 0 Å². The van der Waals surface area contributed by atoms with Crippen LogP contribution in [0.3, 0.4) is 0 Å². The first-order valence-corrected chi connectivity index (χ1v) is 14.5. The summed E-state index contributed by atoms with van der Waals surface area (Å²) in [5.74, 6) is 4.74. The summed E-state index contributed by atoms with van der Waals surface area (Å²) < 4.78 is 0. The largest absolute Gasteiger partial charge is 0.0668 e. The van der Waals surface area contributed by atoms with Crippen LogP contribution in [0.15, 0.2) is 11.1 Å². The molecule has 0 aliphatic heterocycles. The molecule has 0 heteroatoms. The highest BCUT2D eigenvalue weighted by Crippen LogP contribution is 2.70. The lowest BCUT2D eigenvalue weighted by molar-refractivity contribution is -0.0764. The van der Waals surface area contributed by atoms with Gasteiger partial charge < -0.3 is 0 Å². The molecule has 0 bridgehead atoms. The van der Waals surface area contributed by atoms with Gasteiger partial charge in [-0.1, -0.05) is 84.3 Å². The highest BCUT2D eigenvalue weighted by Gasteiger charge is 2.60. The molecule has 0 N–H and O–H groups in total. The Morgan fingerprint density at radius 2 is 1.55 bits per heavy atom. The lowest BCUT2D eigenvalue weighted by Gasteiger charge is -2.61. The van der Waals surface area contributed by atoms with E-state index >= 15 is 0 Å². The van der Waals surface area contributed by atoms with Crippen LogP contribution in [-0.4, -0.2) is 0 Å². The highest BCUT2D eigenvalue weighted by molar-refractivity contribution is 5.35. The van der Waals surface area contributed by atoms with Crippen LogP contribution in [-0.2, 0) is 0 Å². The maximum absolute atomic E-state index is 2.78. The minimum Gasteiger partial charge on any atom is -0.0668 e. The molecule has 1 spiro atoms. The first-order valence-electron chi connectivity index (χ1n) is 14.5. The molecule has 5 aliphatic carbocycles. The van der Waals surface area contributed by atoms with Crippen molar-refractivity contribution < 1.29 is 0 Å². The van der Waals surface area contributed by atoms with Crippen molar-refractivity contribution in [2.45, 2.75) is 137 Å². The monoisotopic (exact) mass is 424 g/mol. The van der Waals surface area contributed by atoms with E-state index in [0.29, 0.717) is 10.8 Å². The van der Waals surface area contributed by atoms with Crippen LogP contribution in [0.25, 0.3) is 0 Å². The summed E-state index contributed by atoms with van der Waals surface area (Å²) in [6.07, 6.45) is 24.1. The smallest absolute Gasteiger partial charge is 0.00825 e. The molecule has 0 radical (unpaired) electrons. The summed E-state index contributed by atoms with van der Waals surface area (Å²) in [4.78, 5) is 0. The van der Waals surface area contributed by atoms with Crippen LogP contribution in [0.4, 0.5) is 0 Å². The minimum atomic E-state index is 0.548. The van der Waals surface area contributed by atoms with Gasteiger partial charge in [-0.25, -0.2) is 0 Å². The standard InChI is InChI=1S/C31H52/c1-22(2)10-8-11-23(3)25-13-14-26-24-12-15-28-30(5,27(24)16-21-29(25,26)4)17-9-20-31(28)18-6-7-19-31/h22-23,25,27-28H,6-21H2,1-5H3/t23-,25-,27+,28?,29-,30-/m1/s1. The topological polar surface area (TPSA) is 0 Å². The van der Waals surface area contributed by atoms with Crippen molar-refractivity contribution in [3.8, 4) is 0 Å². The summed E-state index contributed by atoms with van der Waals surface area (Å²) in [7, 11) is 0. The Bertz CT molecular complexity index is 691. The van der Waals surface area contributed by atoms with Crippen molar-refractivity contribution >= 4 is 0 Å². The molecule has 4 fully saturated rings. The summed E-state index contributed by atoms with van der Waals surface area (Å²) in [5.41, 5.74) is 5.97. The van der Waals surface area contributed by atoms with E-state index in [1.165, 1.54) is 83.5 Å². The number of hydrogen-bond donors (Lipinski definition) is 0. The van der Waals surface area contributed by atoms with Gasteiger partial charge in [-0.2, -0.15) is 0 Å². The third kappa shape index (κ3) is 3.51. The Morgan fingerprint density at radius 3 is 2.29 bits per heavy atom. The predicted octanol–water partition coefficient (Wildman–Crippen LogP) is 9.73. The summed E-state index contributed by atoms with van der Waals surface area (Å²) in [5, 5.41) is 0. The molecule has 5 rings (SSSR count). The molecule has 0 amide bonds. The van der Waals surface area contributed by atoms with Gasteiger partial charge in [0.05, 0.1) is 0 Å². The molecule has 6 atom stereocenters. The molecule has 31 heavy (non-hydrogen) atoms. The van der Waals surface area contributed by atoms with E-state index in [0.717, 1.165) is 35.0 Å². The zero-order chi connectivity index (χ0) is 21.9. The van der Waals surface area contributed by atoms with Gasteiger partial charge in [-0.15, -0.1) is 0 Å². The molecule has 4 saturated carbocycles. The number of hydrogen-bond acceptors (Lipinski definition) is 0. The van der Waals surface area contributed by atoms with E-state index in [4.69, 9.17) is 0 Å². The van der Waals surface area contributed by atoms with Gasteiger partial charge in [0.15, 0.2) is 0 Å². The lowest BCUT2D eigenvalue weighted by Crippen LogP contribution is -2.52. The van der Waals surface area contributed by atoms with Gasteiger partial charge in [0.2, 0.25) is 0 Å². The summed E-state index contributed by atoms with van der Waals surface area (Å²) >= 11 is 0. The first-order chi connectivity index (χ1) is 14.8. The predicted molar refractivity (Wildman–Crippen MR) is 134 cm³/mol. The Morgan fingerprint density at radius 1 is 0.806 bits per heavy atom. The summed E-state index contributed by atoms with van der Waals surface area (Å²) in [6.45, 7) is 12.9. The number of rotatable bonds is 5. The second-order valence-electron chi connectivity index (χ2n) is 14.0. The van der Waals surface area contributed by atoms with E-state index in [1.54, 1.807) is 19.3 Å². The second kappa shape index (κ2) is 8.20. The van der Waals surface area contributed by atoms with E-state index in [1.807, 2.05) is 11.1 Å². The van der Waals surface area contributed by atoms with Crippen LogP contribution in [0.2, 0.25) is 0 Å². The second-order valence-corrected chi connectivity index (χ2v) is 14.0. The average molecular weight is 425 g/mol. The molecule has 0 aromatic carbocycles. The van der Waals surface area contributed by atoms with E-state index in [2.05, 4.69) is 34.6 Å². The van der Waals surface area contributed by atoms with Gasteiger partial charge in [-0.05, 0) is 110 Å². The number of allylic oxidation sites excluding steroid dienone is 2. The number of fused-ring (bicyclic) bond motifs is 5.